The van der Waals surface area contributed by atoms with Gasteiger partial charge in [-0.2, -0.15) is 0 Å². The van der Waals surface area contributed by atoms with Gasteiger partial charge in [-0.25, -0.2) is 9.97 Å². The average Bonchev–Trinajstić information content (AvgIpc) is 3.40. The van der Waals surface area contributed by atoms with Gasteiger partial charge in [-0.3, -0.25) is 4.79 Å². The number of fused-ring (bicyclic) bond motifs is 1. The number of carbonyl (C=O) groups excluding carboxylic acids is 1. The fourth-order valence-corrected chi connectivity index (χ4v) is 4.28. The maximum atomic E-state index is 11.6. The molecule has 0 radical (unpaired) electrons. The van der Waals surface area contributed by atoms with Gasteiger partial charge in [0.25, 0.3) is 0 Å². The second-order valence-corrected chi connectivity index (χ2v) is 8.28. The Kier molecular flexibility index (Phi) is 5.23. The summed E-state index contributed by atoms with van der Waals surface area (Å²) in [6.45, 7) is 5.90. The molecule has 1 amide bonds. The van der Waals surface area contributed by atoms with Crippen LogP contribution in [-0.2, 0) is 16.6 Å². The highest BCUT2D eigenvalue weighted by Crippen LogP contribution is 2.32. The molecule has 2 saturated heterocycles. The number of nitrogens with zero attached hydrogens (tertiary/aromatic N) is 4. The first kappa shape index (κ1) is 19.8. The first-order valence-corrected chi connectivity index (χ1v) is 10.8. The van der Waals surface area contributed by atoms with Crippen molar-refractivity contribution in [3.63, 3.8) is 0 Å². The number of hydrogen-bond donors (Lipinski definition) is 1. The first-order chi connectivity index (χ1) is 15.1. The van der Waals surface area contributed by atoms with Crippen LogP contribution in [0.5, 0.6) is 5.88 Å². The first-order valence-electron chi connectivity index (χ1n) is 10.8. The SMILES string of the molecule is C[C@@H](Oc1nc(-c2cccc(N3CCOCC3)c2)cc2ncn(C)c12)C1CNC(=O)C1. The van der Waals surface area contributed by atoms with Crippen LogP contribution in [0.2, 0.25) is 0 Å². The summed E-state index contributed by atoms with van der Waals surface area (Å²) >= 11 is 0. The van der Waals surface area contributed by atoms with Crippen LogP contribution in [0.3, 0.4) is 0 Å². The Morgan fingerprint density at radius 1 is 1.26 bits per heavy atom. The van der Waals surface area contributed by atoms with Crippen molar-refractivity contribution >= 4 is 22.6 Å². The summed E-state index contributed by atoms with van der Waals surface area (Å²) < 4.78 is 13.7. The lowest BCUT2D eigenvalue weighted by Gasteiger charge is -2.29. The molecule has 3 aromatic rings. The number of nitrogens with one attached hydrogen (secondary N) is 1. The molecule has 162 valence electrons. The highest BCUT2D eigenvalue weighted by molar-refractivity contribution is 5.85. The van der Waals surface area contributed by atoms with Crippen LogP contribution in [0.15, 0.2) is 36.7 Å². The molecule has 4 heterocycles. The second-order valence-electron chi connectivity index (χ2n) is 8.28. The lowest BCUT2D eigenvalue weighted by Crippen LogP contribution is -2.36. The molecule has 1 aromatic carbocycles. The van der Waals surface area contributed by atoms with Gasteiger partial charge in [0, 0.05) is 50.3 Å². The van der Waals surface area contributed by atoms with E-state index in [2.05, 4.69) is 39.5 Å². The number of pyridine rings is 1. The number of carbonyl (C=O) groups is 1. The molecule has 2 aliphatic rings. The predicted molar refractivity (Wildman–Crippen MR) is 118 cm³/mol. The van der Waals surface area contributed by atoms with Gasteiger partial charge in [0.15, 0.2) is 0 Å². The number of amides is 1. The van der Waals surface area contributed by atoms with Crippen LogP contribution in [-0.4, -0.2) is 59.4 Å². The van der Waals surface area contributed by atoms with Crippen molar-refractivity contribution in [2.75, 3.05) is 37.7 Å². The molecule has 0 spiro atoms. The number of aryl methyl sites for hydroxylation is 1. The van der Waals surface area contributed by atoms with Gasteiger partial charge in [0.05, 0.1) is 30.8 Å². The van der Waals surface area contributed by atoms with Crippen LogP contribution >= 0.6 is 0 Å². The lowest BCUT2D eigenvalue weighted by molar-refractivity contribution is -0.119. The van der Waals surface area contributed by atoms with E-state index in [4.69, 9.17) is 14.5 Å². The predicted octanol–water partition coefficient (Wildman–Crippen LogP) is 2.38. The number of morpholine rings is 1. The number of benzene rings is 1. The molecule has 2 aromatic heterocycles. The van der Waals surface area contributed by atoms with Crippen LogP contribution in [0.25, 0.3) is 22.3 Å². The zero-order valence-electron chi connectivity index (χ0n) is 17.9. The Balaban J connectivity index is 1.49. The van der Waals surface area contributed by atoms with Gasteiger partial charge in [-0.05, 0) is 25.1 Å². The zero-order chi connectivity index (χ0) is 21.4. The Morgan fingerprint density at radius 3 is 2.87 bits per heavy atom. The molecule has 0 bridgehead atoms. The van der Waals surface area contributed by atoms with E-state index in [1.54, 1.807) is 6.33 Å². The number of rotatable bonds is 5. The Labute approximate surface area is 181 Å². The van der Waals surface area contributed by atoms with Gasteiger partial charge < -0.3 is 24.3 Å². The molecule has 5 rings (SSSR count). The number of hydrogen-bond acceptors (Lipinski definition) is 6. The molecule has 1 unspecified atom stereocenters. The van der Waals surface area contributed by atoms with E-state index < -0.39 is 0 Å². The van der Waals surface area contributed by atoms with E-state index in [1.807, 2.05) is 24.6 Å². The molecule has 31 heavy (non-hydrogen) atoms. The van der Waals surface area contributed by atoms with Crippen molar-refractivity contribution in [3.8, 4) is 17.1 Å². The second kappa shape index (κ2) is 8.19. The van der Waals surface area contributed by atoms with E-state index in [0.29, 0.717) is 18.8 Å². The number of imidazole rings is 1. The van der Waals surface area contributed by atoms with E-state index in [1.165, 1.54) is 0 Å². The highest BCUT2D eigenvalue weighted by Gasteiger charge is 2.29. The summed E-state index contributed by atoms with van der Waals surface area (Å²) in [7, 11) is 1.94. The van der Waals surface area contributed by atoms with Crippen LogP contribution < -0.4 is 15.0 Å². The third-order valence-corrected chi connectivity index (χ3v) is 6.15. The van der Waals surface area contributed by atoms with E-state index in [-0.39, 0.29) is 17.9 Å². The van der Waals surface area contributed by atoms with E-state index in [0.717, 1.165) is 54.3 Å². The third-order valence-electron chi connectivity index (χ3n) is 6.15. The maximum absolute atomic E-state index is 11.6. The number of aromatic nitrogens is 3. The summed E-state index contributed by atoms with van der Waals surface area (Å²) in [5.74, 6) is 0.759. The smallest absolute Gasteiger partial charge is 0.241 e. The summed E-state index contributed by atoms with van der Waals surface area (Å²) in [4.78, 5) is 23.4. The lowest BCUT2D eigenvalue weighted by atomic mass is 10.0. The molecule has 2 atom stereocenters. The van der Waals surface area contributed by atoms with Crippen LogP contribution in [0.4, 0.5) is 5.69 Å². The fourth-order valence-electron chi connectivity index (χ4n) is 4.28. The number of ether oxygens (including phenoxy) is 2. The molecular weight excluding hydrogens is 394 g/mol. The summed E-state index contributed by atoms with van der Waals surface area (Å²) in [6, 6.07) is 10.4. The van der Waals surface area contributed by atoms with E-state index >= 15 is 0 Å². The van der Waals surface area contributed by atoms with Gasteiger partial charge in [0.2, 0.25) is 11.8 Å². The van der Waals surface area contributed by atoms with Crippen molar-refractivity contribution in [3.05, 3.63) is 36.7 Å². The van der Waals surface area contributed by atoms with Gasteiger partial charge in [-0.1, -0.05) is 12.1 Å². The van der Waals surface area contributed by atoms with Crippen LogP contribution in [0, 0.1) is 5.92 Å². The molecule has 2 fully saturated rings. The summed E-state index contributed by atoms with van der Waals surface area (Å²) in [6.07, 6.45) is 2.12. The average molecular weight is 422 g/mol. The van der Waals surface area contributed by atoms with E-state index in [9.17, 15) is 4.79 Å². The minimum atomic E-state index is -0.139. The summed E-state index contributed by atoms with van der Waals surface area (Å²) in [5.41, 5.74) is 4.70. The van der Waals surface area contributed by atoms with Crippen molar-refractivity contribution < 1.29 is 14.3 Å². The molecule has 8 nitrogen and oxygen atoms in total. The normalized spacial score (nSPS) is 20.1. The summed E-state index contributed by atoms with van der Waals surface area (Å²) in [5, 5.41) is 2.88. The highest BCUT2D eigenvalue weighted by atomic mass is 16.5. The van der Waals surface area contributed by atoms with Crippen LogP contribution in [0.1, 0.15) is 13.3 Å². The Morgan fingerprint density at radius 2 is 2.10 bits per heavy atom. The largest absolute Gasteiger partial charge is 0.473 e. The number of anilines is 1. The minimum absolute atomic E-state index is 0.0766. The molecule has 0 saturated carbocycles. The maximum Gasteiger partial charge on any atom is 0.241 e. The Hall–Kier alpha value is -3.13. The minimum Gasteiger partial charge on any atom is -0.473 e. The van der Waals surface area contributed by atoms with Gasteiger partial charge in [0.1, 0.15) is 11.6 Å². The standard InChI is InChI=1S/C23H27N5O3/c1-15(17-11-21(29)24-13-17)31-23-22-20(25-14-27(22)2)12-19(26-23)16-4-3-5-18(10-16)28-6-8-30-9-7-28/h3-5,10,12,14-15,17H,6-9,11,13H2,1-2H3,(H,24,29)/t15-,17?/m1/s1. The Bertz CT molecular complexity index is 1110. The molecular formula is C23H27N5O3. The monoisotopic (exact) mass is 421 g/mol. The third kappa shape index (κ3) is 3.95. The quantitative estimate of drug-likeness (QED) is 0.681. The van der Waals surface area contributed by atoms with Gasteiger partial charge in [-0.15, -0.1) is 0 Å². The van der Waals surface area contributed by atoms with Gasteiger partial charge >= 0.3 is 0 Å². The van der Waals surface area contributed by atoms with Crippen molar-refractivity contribution in [2.45, 2.75) is 19.4 Å². The van der Waals surface area contributed by atoms with Crippen molar-refractivity contribution in [2.24, 2.45) is 13.0 Å². The molecule has 2 aliphatic heterocycles. The molecule has 1 N–H and O–H groups in total. The molecule has 8 heteroatoms. The zero-order valence-corrected chi connectivity index (χ0v) is 17.9. The fraction of sp³-hybridized carbons (Fsp3) is 0.435. The van der Waals surface area contributed by atoms with Crippen molar-refractivity contribution in [1.29, 1.82) is 0 Å². The topological polar surface area (TPSA) is 81.5 Å². The van der Waals surface area contributed by atoms with Crippen molar-refractivity contribution in [1.82, 2.24) is 19.9 Å². The molecule has 0 aliphatic carbocycles.